The molecule has 1 saturated carbocycles. The zero-order valence-electron chi connectivity index (χ0n) is 44.1. The van der Waals surface area contributed by atoms with Gasteiger partial charge in [0.05, 0.1) is 21.6 Å². The lowest BCUT2D eigenvalue weighted by atomic mass is 9.33. The van der Waals surface area contributed by atoms with E-state index in [0.29, 0.717) is 0 Å². The molecule has 13 rings (SSSR count). The lowest BCUT2D eigenvalue weighted by Gasteiger charge is -2.51. The summed E-state index contributed by atoms with van der Waals surface area (Å²) in [5, 5.41) is 2.63. The second-order valence-corrected chi connectivity index (χ2v) is 25.4. The molecule has 3 aliphatic heterocycles. The molecule has 2 unspecified atom stereocenters. The number of hydrogen-bond donors (Lipinski definition) is 0. The highest BCUT2D eigenvalue weighted by Crippen LogP contribution is 2.62. The van der Waals surface area contributed by atoms with Gasteiger partial charge in [-0.1, -0.05) is 152 Å². The van der Waals surface area contributed by atoms with Crippen molar-refractivity contribution in [3.8, 4) is 11.1 Å². The third kappa shape index (κ3) is 6.48. The molecular formula is C67H66BN3S. The number of aryl methyl sites for hydroxylation is 3. The molecule has 8 aromatic carbocycles. The van der Waals surface area contributed by atoms with Crippen LogP contribution in [0.25, 0.3) is 31.3 Å². The van der Waals surface area contributed by atoms with Crippen molar-refractivity contribution in [1.82, 2.24) is 0 Å². The van der Waals surface area contributed by atoms with Crippen molar-refractivity contribution < 1.29 is 0 Å². The fourth-order valence-electron chi connectivity index (χ4n) is 14.0. The molecular weight excluding hydrogens is 890 g/mol. The topological polar surface area (TPSA) is 9.72 Å². The molecule has 0 N–H and O–H groups in total. The van der Waals surface area contributed by atoms with Crippen molar-refractivity contribution >= 4 is 100 Å². The highest BCUT2D eigenvalue weighted by Gasteiger charge is 2.58. The van der Waals surface area contributed by atoms with Crippen molar-refractivity contribution in [3.63, 3.8) is 0 Å². The largest absolute Gasteiger partial charge is 0.334 e. The average molecular weight is 956 g/mol. The van der Waals surface area contributed by atoms with Gasteiger partial charge in [0.2, 0.25) is 0 Å². The zero-order valence-corrected chi connectivity index (χ0v) is 44.9. The predicted molar refractivity (Wildman–Crippen MR) is 313 cm³/mol. The van der Waals surface area contributed by atoms with Crippen LogP contribution >= 0.6 is 11.3 Å². The number of hydrogen-bond acceptors (Lipinski definition) is 4. The van der Waals surface area contributed by atoms with Gasteiger partial charge in [-0.05, 0) is 167 Å². The summed E-state index contributed by atoms with van der Waals surface area (Å²) in [5.41, 5.74) is 24.8. The highest BCUT2D eigenvalue weighted by molar-refractivity contribution is 7.26. The van der Waals surface area contributed by atoms with Gasteiger partial charge >= 0.3 is 0 Å². The van der Waals surface area contributed by atoms with Crippen molar-refractivity contribution in [2.45, 2.75) is 124 Å². The SMILES string of the molecule is Cc1cc2c3c(c1)N(c1cccc4c1sc1ccccc14)c1cc(N4c5cc(C)cc(C)c5C5(C)CCCCC45C)ccc1B3c1ccc(C(C)(C)C)cc1N2c1ccc(C(C)(C)C)cc1-c1ccccc1. The first kappa shape index (κ1) is 45.3. The Kier molecular flexibility index (Phi) is 9.90. The molecule has 4 heterocycles. The third-order valence-electron chi connectivity index (χ3n) is 17.7. The number of rotatable bonds is 4. The number of nitrogens with zero attached hydrogens (tertiary/aromatic N) is 3. The van der Waals surface area contributed by atoms with E-state index in [0.717, 1.165) is 6.42 Å². The van der Waals surface area contributed by atoms with Crippen LogP contribution in [-0.4, -0.2) is 12.3 Å². The molecule has 1 aromatic heterocycles. The maximum Gasteiger partial charge on any atom is 0.252 e. The lowest BCUT2D eigenvalue weighted by Crippen LogP contribution is -2.61. The minimum absolute atomic E-state index is 0.00214. The summed E-state index contributed by atoms with van der Waals surface area (Å²) >= 11 is 1.93. The summed E-state index contributed by atoms with van der Waals surface area (Å²) in [6, 6.07) is 59.3. The summed E-state index contributed by atoms with van der Waals surface area (Å²) in [7, 11) is 0. The van der Waals surface area contributed by atoms with Crippen LogP contribution in [0.2, 0.25) is 0 Å². The summed E-state index contributed by atoms with van der Waals surface area (Å²) in [6.45, 7) is 26.2. The second kappa shape index (κ2) is 15.7. The average Bonchev–Trinajstić information content (AvgIpc) is 3.83. The normalized spacial score (nSPS) is 19.1. The Morgan fingerprint density at radius 2 is 1.12 bits per heavy atom. The molecule has 9 aromatic rings. The van der Waals surface area contributed by atoms with Gasteiger partial charge in [0.1, 0.15) is 0 Å². The van der Waals surface area contributed by atoms with Gasteiger partial charge in [-0.15, -0.1) is 11.3 Å². The zero-order chi connectivity index (χ0) is 49.8. The first-order valence-electron chi connectivity index (χ1n) is 26.5. The molecule has 0 spiro atoms. The van der Waals surface area contributed by atoms with E-state index in [1.807, 2.05) is 11.3 Å². The van der Waals surface area contributed by atoms with E-state index >= 15 is 0 Å². The summed E-state index contributed by atoms with van der Waals surface area (Å²) in [5.74, 6) is 0. The highest BCUT2D eigenvalue weighted by atomic mass is 32.1. The maximum atomic E-state index is 2.80. The maximum absolute atomic E-state index is 2.80. The first-order valence-corrected chi connectivity index (χ1v) is 27.3. The number of fused-ring (bicyclic) bond motifs is 10. The second-order valence-electron chi connectivity index (χ2n) is 24.3. The molecule has 2 atom stereocenters. The Bertz CT molecular complexity index is 3720. The minimum Gasteiger partial charge on any atom is -0.334 e. The van der Waals surface area contributed by atoms with E-state index in [1.54, 1.807) is 5.56 Å². The van der Waals surface area contributed by atoms with Crippen molar-refractivity contribution in [2.24, 2.45) is 0 Å². The first-order chi connectivity index (χ1) is 34.4. The van der Waals surface area contributed by atoms with Gasteiger partial charge in [-0.3, -0.25) is 0 Å². The molecule has 1 fully saturated rings. The van der Waals surface area contributed by atoms with Crippen LogP contribution in [0.4, 0.5) is 45.5 Å². The summed E-state index contributed by atoms with van der Waals surface area (Å²) in [4.78, 5) is 8.14. The van der Waals surface area contributed by atoms with E-state index < -0.39 is 0 Å². The van der Waals surface area contributed by atoms with Crippen LogP contribution < -0.4 is 31.1 Å². The molecule has 4 aliphatic rings. The van der Waals surface area contributed by atoms with E-state index in [1.165, 1.54) is 140 Å². The van der Waals surface area contributed by atoms with E-state index in [2.05, 4.69) is 243 Å². The lowest BCUT2D eigenvalue weighted by molar-refractivity contribution is 0.194. The minimum atomic E-state index is -0.0761. The quantitative estimate of drug-likeness (QED) is 0.163. The number of benzene rings is 8. The Balaban J connectivity index is 1.13. The molecule has 3 nitrogen and oxygen atoms in total. The van der Waals surface area contributed by atoms with Crippen LogP contribution in [0.15, 0.2) is 152 Å². The molecule has 72 heavy (non-hydrogen) atoms. The van der Waals surface area contributed by atoms with Crippen LogP contribution in [-0.2, 0) is 16.2 Å². The van der Waals surface area contributed by atoms with E-state index in [4.69, 9.17) is 0 Å². The van der Waals surface area contributed by atoms with Crippen molar-refractivity contribution in [1.29, 1.82) is 0 Å². The van der Waals surface area contributed by atoms with Gasteiger partial charge < -0.3 is 14.7 Å². The molecule has 0 radical (unpaired) electrons. The van der Waals surface area contributed by atoms with Crippen molar-refractivity contribution in [3.05, 3.63) is 185 Å². The molecule has 0 amide bonds. The molecule has 358 valence electrons. The smallest absolute Gasteiger partial charge is 0.252 e. The van der Waals surface area contributed by atoms with Gasteiger partial charge in [-0.25, -0.2) is 0 Å². The summed E-state index contributed by atoms with van der Waals surface area (Å²) < 4.78 is 2.64. The molecule has 1 aliphatic carbocycles. The Morgan fingerprint density at radius 1 is 0.514 bits per heavy atom. The van der Waals surface area contributed by atoms with Crippen LogP contribution in [0.1, 0.15) is 114 Å². The monoisotopic (exact) mass is 956 g/mol. The molecule has 5 heteroatoms. The Morgan fingerprint density at radius 3 is 1.88 bits per heavy atom. The third-order valence-corrected chi connectivity index (χ3v) is 18.9. The Hall–Kier alpha value is -6.56. The van der Waals surface area contributed by atoms with E-state index in [-0.39, 0.29) is 28.5 Å². The number of thiophene rings is 1. The molecule has 0 saturated heterocycles. The molecule has 0 bridgehead atoms. The van der Waals surface area contributed by atoms with Gasteiger partial charge in [0.25, 0.3) is 6.71 Å². The Labute approximate surface area is 432 Å². The standard InChI is InChI=1S/C67H66BN3S/c1-41-34-43(3)61-57(35-41)71(67(11)33-18-17-32-66(61,67)10)47-28-30-52-56(40-47)70(54-24-19-23-49-48-22-15-16-25-60(48)72-63(49)54)59-37-42(2)36-58-62(59)68(52)51-29-26-46(65(7,8)9)39-55(51)69(58)53-31-27-45(64(4,5)6)38-50(53)44-20-13-12-14-21-44/h12-16,19-31,34-40H,17-18,32-33H2,1-11H3. The van der Waals surface area contributed by atoms with Crippen molar-refractivity contribution in [2.75, 3.05) is 14.7 Å². The van der Waals surface area contributed by atoms with Crippen LogP contribution in [0, 0.1) is 20.8 Å². The van der Waals surface area contributed by atoms with Gasteiger partial charge in [-0.2, -0.15) is 0 Å². The van der Waals surface area contributed by atoms with Crippen LogP contribution in [0.5, 0.6) is 0 Å². The van der Waals surface area contributed by atoms with Gasteiger partial charge in [0, 0.05) is 60.6 Å². The van der Waals surface area contributed by atoms with E-state index in [9.17, 15) is 0 Å². The fourth-order valence-corrected chi connectivity index (χ4v) is 15.2. The van der Waals surface area contributed by atoms with Crippen LogP contribution in [0.3, 0.4) is 0 Å². The predicted octanol–water partition coefficient (Wildman–Crippen LogP) is 17.1. The summed E-state index contributed by atoms with van der Waals surface area (Å²) in [6.07, 6.45) is 4.87. The number of anilines is 8. The fraction of sp³-hybridized carbons (Fsp3) is 0.284. The van der Waals surface area contributed by atoms with Gasteiger partial charge in [0.15, 0.2) is 0 Å².